The van der Waals surface area contributed by atoms with Crippen LogP contribution in [0.4, 0.5) is 0 Å². The summed E-state index contributed by atoms with van der Waals surface area (Å²) < 4.78 is 1.44. The highest BCUT2D eigenvalue weighted by Gasteiger charge is 2.26. The molecule has 2 aromatic rings. The molecule has 0 aromatic carbocycles. The van der Waals surface area contributed by atoms with E-state index in [1.54, 1.807) is 30.6 Å². The molecule has 6 heteroatoms. The fourth-order valence-corrected chi connectivity index (χ4v) is 3.47. The normalized spacial score (nSPS) is 18.7. The molecule has 1 amide bonds. The van der Waals surface area contributed by atoms with Crippen molar-refractivity contribution in [2.45, 2.75) is 18.8 Å². The highest BCUT2D eigenvalue weighted by atomic mass is 32.1. The molecule has 3 rings (SSSR count). The Kier molecular flexibility index (Phi) is 3.88. The maximum absolute atomic E-state index is 12.6. The second-order valence-electron chi connectivity index (χ2n) is 5.33. The van der Waals surface area contributed by atoms with Gasteiger partial charge in [-0.1, -0.05) is 0 Å². The van der Waals surface area contributed by atoms with Gasteiger partial charge in [0.2, 0.25) is 5.56 Å². The van der Waals surface area contributed by atoms with Crippen molar-refractivity contribution in [1.82, 2.24) is 14.5 Å². The van der Waals surface area contributed by atoms with Crippen LogP contribution < -0.4 is 5.56 Å². The Morgan fingerprint density at radius 1 is 1.43 bits per heavy atom. The van der Waals surface area contributed by atoms with E-state index in [1.165, 1.54) is 10.6 Å². The summed E-state index contributed by atoms with van der Waals surface area (Å²) in [5, 5.41) is 3.08. The minimum Gasteiger partial charge on any atom is -0.338 e. The van der Waals surface area contributed by atoms with Crippen LogP contribution in [0.5, 0.6) is 0 Å². The van der Waals surface area contributed by atoms with Crippen molar-refractivity contribution in [2.24, 2.45) is 7.05 Å². The van der Waals surface area contributed by atoms with Crippen molar-refractivity contribution < 1.29 is 4.79 Å². The molecule has 0 N–H and O–H groups in total. The van der Waals surface area contributed by atoms with Crippen LogP contribution in [0, 0.1) is 0 Å². The van der Waals surface area contributed by atoms with Gasteiger partial charge in [-0.15, -0.1) is 11.3 Å². The van der Waals surface area contributed by atoms with Gasteiger partial charge in [0.15, 0.2) is 0 Å². The Morgan fingerprint density at radius 3 is 3.00 bits per heavy atom. The molecular formula is C15H17N3O2S. The van der Waals surface area contributed by atoms with Crippen LogP contribution in [-0.4, -0.2) is 33.4 Å². The number of aromatic nitrogens is 2. The number of carbonyl (C=O) groups excluding carboxylic acids is 1. The summed E-state index contributed by atoms with van der Waals surface area (Å²) in [4.78, 5) is 30.2. The van der Waals surface area contributed by atoms with Gasteiger partial charge in [0.1, 0.15) is 0 Å². The first-order valence-corrected chi connectivity index (χ1v) is 7.88. The zero-order chi connectivity index (χ0) is 14.8. The fourth-order valence-electron chi connectivity index (χ4n) is 2.70. The van der Waals surface area contributed by atoms with Crippen LogP contribution in [0.1, 0.15) is 34.1 Å². The summed E-state index contributed by atoms with van der Waals surface area (Å²) in [5.74, 6) is 0.321. The number of thiazole rings is 1. The Bertz CT molecular complexity index is 693. The molecule has 0 bridgehead atoms. The number of nitrogens with zero attached hydrogens (tertiary/aromatic N) is 3. The van der Waals surface area contributed by atoms with Crippen molar-refractivity contribution in [2.75, 3.05) is 13.1 Å². The number of carbonyl (C=O) groups is 1. The van der Waals surface area contributed by atoms with E-state index >= 15 is 0 Å². The van der Waals surface area contributed by atoms with Gasteiger partial charge in [-0.3, -0.25) is 9.59 Å². The predicted octanol–water partition coefficient (Wildman–Crippen LogP) is 1.86. The summed E-state index contributed by atoms with van der Waals surface area (Å²) in [6.07, 6.45) is 5.48. The first kappa shape index (κ1) is 14.0. The third-order valence-corrected chi connectivity index (χ3v) is 4.78. The van der Waals surface area contributed by atoms with Crippen LogP contribution in [0.2, 0.25) is 0 Å². The predicted molar refractivity (Wildman–Crippen MR) is 81.7 cm³/mol. The molecule has 0 unspecified atom stereocenters. The van der Waals surface area contributed by atoms with Crippen molar-refractivity contribution in [3.8, 4) is 0 Å². The molecule has 1 atom stereocenters. The highest BCUT2D eigenvalue weighted by molar-refractivity contribution is 7.09. The van der Waals surface area contributed by atoms with Crippen molar-refractivity contribution >= 4 is 17.2 Å². The van der Waals surface area contributed by atoms with Crippen molar-refractivity contribution in [1.29, 1.82) is 0 Å². The first-order chi connectivity index (χ1) is 10.1. The molecule has 21 heavy (non-hydrogen) atoms. The molecule has 1 fully saturated rings. The molecule has 110 valence electrons. The summed E-state index contributed by atoms with van der Waals surface area (Å²) in [6.45, 7) is 1.47. The second kappa shape index (κ2) is 5.81. The third kappa shape index (κ3) is 2.90. The maximum Gasteiger partial charge on any atom is 0.255 e. The van der Waals surface area contributed by atoms with E-state index in [2.05, 4.69) is 4.98 Å². The van der Waals surface area contributed by atoms with E-state index in [0.29, 0.717) is 18.0 Å². The lowest BCUT2D eigenvalue weighted by molar-refractivity contribution is 0.0706. The van der Waals surface area contributed by atoms with Crippen molar-refractivity contribution in [3.05, 3.63) is 50.8 Å². The van der Waals surface area contributed by atoms with Crippen LogP contribution >= 0.6 is 11.3 Å². The maximum atomic E-state index is 12.6. The van der Waals surface area contributed by atoms with Crippen LogP contribution in [0.3, 0.4) is 0 Å². The number of hydrogen-bond donors (Lipinski definition) is 0. The number of pyridine rings is 1. The number of amides is 1. The number of hydrogen-bond acceptors (Lipinski definition) is 4. The first-order valence-electron chi connectivity index (χ1n) is 7.00. The quantitative estimate of drug-likeness (QED) is 0.851. The SMILES string of the molecule is Cn1cc(C(=O)N2CCC[C@H](c3nccs3)C2)ccc1=O. The van der Waals surface area contributed by atoms with Gasteiger partial charge >= 0.3 is 0 Å². The van der Waals surface area contributed by atoms with Gasteiger partial charge in [-0.25, -0.2) is 4.98 Å². The Hall–Kier alpha value is -1.95. The van der Waals surface area contributed by atoms with Crippen molar-refractivity contribution in [3.63, 3.8) is 0 Å². The number of likely N-dealkylation sites (tertiary alicyclic amines) is 1. The molecule has 0 spiro atoms. The molecule has 3 heterocycles. The number of rotatable bonds is 2. The lowest BCUT2D eigenvalue weighted by atomic mass is 9.98. The average molecular weight is 303 g/mol. The minimum absolute atomic E-state index is 0.00754. The minimum atomic E-state index is -0.106. The lowest BCUT2D eigenvalue weighted by Crippen LogP contribution is -2.39. The molecular weight excluding hydrogens is 286 g/mol. The molecule has 0 saturated carbocycles. The number of aryl methyl sites for hydroxylation is 1. The molecule has 0 radical (unpaired) electrons. The zero-order valence-corrected chi connectivity index (χ0v) is 12.7. The number of piperidine rings is 1. The summed E-state index contributed by atoms with van der Waals surface area (Å²) >= 11 is 1.65. The van der Waals surface area contributed by atoms with E-state index in [9.17, 15) is 9.59 Å². The van der Waals surface area contributed by atoms with Gasteiger partial charge in [0, 0.05) is 49.9 Å². The van der Waals surface area contributed by atoms with Gasteiger partial charge in [-0.2, -0.15) is 0 Å². The van der Waals surface area contributed by atoms with E-state index in [4.69, 9.17) is 0 Å². The summed E-state index contributed by atoms with van der Waals surface area (Å²) in [7, 11) is 1.66. The fraction of sp³-hybridized carbons (Fsp3) is 0.400. The standard InChI is InChI=1S/C15H17N3O2S/c1-17-9-12(4-5-13(17)19)15(20)18-7-2-3-11(10-18)14-16-6-8-21-14/h4-6,8-9,11H,2-3,7,10H2,1H3/t11-/m0/s1. The smallest absolute Gasteiger partial charge is 0.255 e. The Morgan fingerprint density at radius 2 is 2.29 bits per heavy atom. The molecule has 2 aromatic heterocycles. The molecule has 5 nitrogen and oxygen atoms in total. The molecule has 1 saturated heterocycles. The van der Waals surface area contributed by atoms with Crippen LogP contribution in [-0.2, 0) is 7.05 Å². The summed E-state index contributed by atoms with van der Waals surface area (Å²) in [5.41, 5.74) is 0.461. The highest BCUT2D eigenvalue weighted by Crippen LogP contribution is 2.28. The van der Waals surface area contributed by atoms with Gasteiger partial charge in [-0.05, 0) is 18.9 Å². The van der Waals surface area contributed by atoms with Gasteiger partial charge in [0.25, 0.3) is 5.91 Å². The Balaban J connectivity index is 1.78. The van der Waals surface area contributed by atoms with E-state index in [0.717, 1.165) is 24.4 Å². The topological polar surface area (TPSA) is 55.2 Å². The van der Waals surface area contributed by atoms with Gasteiger partial charge < -0.3 is 9.47 Å². The monoisotopic (exact) mass is 303 g/mol. The molecule has 1 aliphatic rings. The van der Waals surface area contributed by atoms with E-state index < -0.39 is 0 Å². The molecule has 1 aliphatic heterocycles. The van der Waals surface area contributed by atoms with E-state index in [-0.39, 0.29) is 11.5 Å². The third-order valence-electron chi connectivity index (χ3n) is 3.84. The molecule has 0 aliphatic carbocycles. The van der Waals surface area contributed by atoms with Gasteiger partial charge in [0.05, 0.1) is 10.6 Å². The second-order valence-corrected chi connectivity index (χ2v) is 6.25. The summed E-state index contributed by atoms with van der Waals surface area (Å²) in [6, 6.07) is 3.05. The van der Waals surface area contributed by atoms with Crippen LogP contribution in [0.15, 0.2) is 34.7 Å². The average Bonchev–Trinajstić information content (AvgIpc) is 3.04. The lowest BCUT2D eigenvalue weighted by Gasteiger charge is -2.32. The zero-order valence-electron chi connectivity index (χ0n) is 11.9. The largest absolute Gasteiger partial charge is 0.338 e. The Labute approximate surface area is 126 Å². The van der Waals surface area contributed by atoms with E-state index in [1.807, 2.05) is 16.5 Å². The van der Waals surface area contributed by atoms with Crippen LogP contribution in [0.25, 0.3) is 0 Å².